The highest BCUT2D eigenvalue weighted by Gasteiger charge is 2.22. The van der Waals surface area contributed by atoms with Crippen LogP contribution in [0, 0.1) is 6.92 Å². The second-order valence-electron chi connectivity index (χ2n) is 5.23. The number of H-pyrrole nitrogens is 1. The van der Waals surface area contributed by atoms with Gasteiger partial charge in [0.15, 0.2) is 0 Å². The molecule has 0 aliphatic heterocycles. The molecular formula is C15H15N3O4S. The van der Waals surface area contributed by atoms with Gasteiger partial charge in [0.25, 0.3) is 0 Å². The lowest BCUT2D eigenvalue weighted by molar-refractivity contribution is 0.458. The van der Waals surface area contributed by atoms with E-state index >= 15 is 0 Å². The average Bonchev–Trinajstić information content (AvgIpc) is 2.91. The number of rotatable bonds is 4. The maximum atomic E-state index is 12.6. The van der Waals surface area contributed by atoms with Crippen molar-refractivity contribution in [1.29, 1.82) is 0 Å². The minimum Gasteiger partial charge on any atom is -0.423 e. The van der Waals surface area contributed by atoms with Gasteiger partial charge in [-0.05, 0) is 31.2 Å². The number of aromatic amines is 1. The van der Waals surface area contributed by atoms with Gasteiger partial charge >= 0.3 is 5.63 Å². The van der Waals surface area contributed by atoms with Gasteiger partial charge in [-0.3, -0.25) is 0 Å². The van der Waals surface area contributed by atoms with Crippen LogP contribution in [0.25, 0.3) is 11.0 Å². The van der Waals surface area contributed by atoms with Gasteiger partial charge in [0, 0.05) is 30.4 Å². The third kappa shape index (κ3) is 3.03. The molecule has 3 aromatic rings. The molecule has 1 aromatic carbocycles. The first kappa shape index (κ1) is 15.4. The number of benzene rings is 1. The average molecular weight is 333 g/mol. The predicted octanol–water partition coefficient (Wildman–Crippen LogP) is 1.65. The standard InChI is InChI=1S/C15H15N3O4S/c1-10-8-16-14(17-10)9-18(2)23(20,21)12-4-5-13-11(7-12)3-6-15(19)22-13/h3-8H,9H2,1-2H3,(H,16,17). The Hall–Kier alpha value is -2.45. The van der Waals surface area contributed by atoms with Gasteiger partial charge in [-0.15, -0.1) is 0 Å². The zero-order valence-corrected chi connectivity index (χ0v) is 13.4. The van der Waals surface area contributed by atoms with Gasteiger partial charge in [0.05, 0.1) is 11.4 Å². The molecule has 8 heteroatoms. The molecule has 0 fully saturated rings. The van der Waals surface area contributed by atoms with E-state index in [0.29, 0.717) is 16.8 Å². The van der Waals surface area contributed by atoms with Crippen molar-refractivity contribution in [3.8, 4) is 0 Å². The summed E-state index contributed by atoms with van der Waals surface area (Å²) >= 11 is 0. The summed E-state index contributed by atoms with van der Waals surface area (Å²) in [6.45, 7) is 1.99. The number of sulfonamides is 1. The second-order valence-corrected chi connectivity index (χ2v) is 7.27. The van der Waals surface area contributed by atoms with E-state index in [1.54, 1.807) is 6.20 Å². The van der Waals surface area contributed by atoms with Gasteiger partial charge in [-0.2, -0.15) is 4.31 Å². The first-order chi connectivity index (χ1) is 10.9. The van der Waals surface area contributed by atoms with E-state index in [-0.39, 0.29) is 11.4 Å². The van der Waals surface area contributed by atoms with Crippen molar-refractivity contribution in [2.24, 2.45) is 0 Å². The van der Waals surface area contributed by atoms with Crippen molar-refractivity contribution in [2.45, 2.75) is 18.4 Å². The van der Waals surface area contributed by atoms with E-state index in [0.717, 1.165) is 5.69 Å². The summed E-state index contributed by atoms with van der Waals surface area (Å²) in [5.41, 5.74) is 0.741. The highest BCUT2D eigenvalue weighted by molar-refractivity contribution is 7.89. The van der Waals surface area contributed by atoms with Crippen LogP contribution in [0.3, 0.4) is 0 Å². The molecule has 0 unspecified atom stereocenters. The normalized spacial score (nSPS) is 12.1. The lowest BCUT2D eigenvalue weighted by Gasteiger charge is -2.16. The predicted molar refractivity (Wildman–Crippen MR) is 84.5 cm³/mol. The van der Waals surface area contributed by atoms with Crippen LogP contribution in [0.1, 0.15) is 11.5 Å². The van der Waals surface area contributed by atoms with E-state index in [4.69, 9.17) is 4.42 Å². The quantitative estimate of drug-likeness (QED) is 0.732. The maximum Gasteiger partial charge on any atom is 0.336 e. The Morgan fingerprint density at radius 1 is 1.26 bits per heavy atom. The molecule has 3 rings (SSSR count). The van der Waals surface area contributed by atoms with E-state index in [9.17, 15) is 13.2 Å². The fourth-order valence-electron chi connectivity index (χ4n) is 2.23. The number of hydrogen-bond acceptors (Lipinski definition) is 5. The molecule has 7 nitrogen and oxygen atoms in total. The van der Waals surface area contributed by atoms with Gasteiger partial charge in [0.1, 0.15) is 11.4 Å². The molecule has 0 saturated carbocycles. The molecular weight excluding hydrogens is 318 g/mol. The number of nitrogens with zero attached hydrogens (tertiary/aromatic N) is 2. The Balaban J connectivity index is 1.95. The number of aryl methyl sites for hydroxylation is 1. The topological polar surface area (TPSA) is 96.3 Å². The Morgan fingerprint density at radius 3 is 2.74 bits per heavy atom. The van der Waals surface area contributed by atoms with Gasteiger partial charge < -0.3 is 9.40 Å². The monoisotopic (exact) mass is 333 g/mol. The molecule has 0 radical (unpaired) electrons. The SMILES string of the molecule is Cc1cnc(CN(C)S(=O)(=O)c2ccc3oc(=O)ccc3c2)[nH]1. The molecule has 0 aliphatic carbocycles. The summed E-state index contributed by atoms with van der Waals surface area (Å²) in [6, 6.07) is 7.18. The minimum atomic E-state index is -3.68. The molecule has 120 valence electrons. The molecule has 2 aromatic heterocycles. The Labute approximate surface area is 132 Å². The highest BCUT2D eigenvalue weighted by atomic mass is 32.2. The second kappa shape index (κ2) is 5.64. The Morgan fingerprint density at radius 2 is 2.04 bits per heavy atom. The summed E-state index contributed by atoms with van der Waals surface area (Å²) in [4.78, 5) is 18.4. The van der Waals surface area contributed by atoms with Gasteiger partial charge in [0.2, 0.25) is 10.0 Å². The van der Waals surface area contributed by atoms with E-state index in [2.05, 4.69) is 9.97 Å². The van der Waals surface area contributed by atoms with Crippen LogP contribution < -0.4 is 5.63 Å². The molecule has 0 spiro atoms. The number of imidazole rings is 1. The van der Waals surface area contributed by atoms with Crippen molar-refractivity contribution in [3.05, 3.63) is 58.5 Å². The Kier molecular flexibility index (Phi) is 3.78. The lowest BCUT2D eigenvalue weighted by Crippen LogP contribution is -2.27. The van der Waals surface area contributed by atoms with Gasteiger partial charge in [-0.25, -0.2) is 18.2 Å². The number of nitrogens with one attached hydrogen (secondary N) is 1. The summed E-state index contributed by atoms with van der Waals surface area (Å²) in [7, 11) is -2.19. The van der Waals surface area contributed by atoms with Crippen LogP contribution >= 0.6 is 0 Å². The molecule has 23 heavy (non-hydrogen) atoms. The van der Waals surface area contributed by atoms with E-state index in [1.165, 1.54) is 41.7 Å². The smallest absolute Gasteiger partial charge is 0.336 e. The first-order valence-corrected chi connectivity index (χ1v) is 8.31. The molecule has 0 bridgehead atoms. The zero-order chi connectivity index (χ0) is 16.6. The number of hydrogen-bond donors (Lipinski definition) is 1. The van der Waals surface area contributed by atoms with Crippen LogP contribution in [0.15, 0.2) is 50.6 Å². The van der Waals surface area contributed by atoms with Crippen molar-refractivity contribution in [2.75, 3.05) is 7.05 Å². The van der Waals surface area contributed by atoms with Crippen molar-refractivity contribution >= 4 is 21.0 Å². The third-order valence-electron chi connectivity index (χ3n) is 3.43. The van der Waals surface area contributed by atoms with Crippen LogP contribution in [0.5, 0.6) is 0 Å². The fourth-order valence-corrected chi connectivity index (χ4v) is 3.40. The summed E-state index contributed by atoms with van der Waals surface area (Å²) in [5.74, 6) is 0.570. The van der Waals surface area contributed by atoms with Crippen LogP contribution in [-0.4, -0.2) is 29.7 Å². The van der Waals surface area contributed by atoms with Crippen LogP contribution in [-0.2, 0) is 16.6 Å². The minimum absolute atomic E-state index is 0.129. The van der Waals surface area contributed by atoms with Crippen LogP contribution in [0.4, 0.5) is 0 Å². The number of aromatic nitrogens is 2. The van der Waals surface area contributed by atoms with Crippen molar-refractivity contribution in [3.63, 3.8) is 0 Å². The molecule has 0 aliphatic rings. The first-order valence-electron chi connectivity index (χ1n) is 6.87. The third-order valence-corrected chi connectivity index (χ3v) is 5.23. The van der Waals surface area contributed by atoms with Crippen molar-refractivity contribution in [1.82, 2.24) is 14.3 Å². The molecule has 0 atom stereocenters. The lowest BCUT2D eigenvalue weighted by atomic mass is 10.2. The summed E-state index contributed by atoms with van der Waals surface area (Å²) in [6.07, 6.45) is 1.65. The number of fused-ring (bicyclic) bond motifs is 1. The molecule has 2 heterocycles. The zero-order valence-electron chi connectivity index (χ0n) is 12.6. The van der Waals surface area contributed by atoms with E-state index < -0.39 is 15.6 Å². The fraction of sp³-hybridized carbons (Fsp3) is 0.200. The summed E-state index contributed by atoms with van der Waals surface area (Å²) < 4.78 is 31.5. The maximum absolute atomic E-state index is 12.6. The van der Waals surface area contributed by atoms with Crippen molar-refractivity contribution < 1.29 is 12.8 Å². The van der Waals surface area contributed by atoms with E-state index in [1.807, 2.05) is 6.92 Å². The Bertz CT molecular complexity index is 1020. The molecule has 1 N–H and O–H groups in total. The van der Waals surface area contributed by atoms with Crippen LogP contribution in [0.2, 0.25) is 0 Å². The largest absolute Gasteiger partial charge is 0.423 e. The highest BCUT2D eigenvalue weighted by Crippen LogP contribution is 2.21. The molecule has 0 amide bonds. The van der Waals surface area contributed by atoms with Gasteiger partial charge in [-0.1, -0.05) is 0 Å². The summed E-state index contributed by atoms with van der Waals surface area (Å²) in [5, 5.41) is 0.549. The molecule has 0 saturated heterocycles.